The van der Waals surface area contributed by atoms with Gasteiger partial charge in [-0.3, -0.25) is 4.79 Å². The van der Waals surface area contributed by atoms with Crippen LogP contribution in [0.2, 0.25) is 0 Å². The maximum atomic E-state index is 12.2. The van der Waals surface area contributed by atoms with Crippen LogP contribution >= 0.6 is 0 Å². The van der Waals surface area contributed by atoms with Gasteiger partial charge in [-0.05, 0) is 48.1 Å². The van der Waals surface area contributed by atoms with Crippen LogP contribution in [-0.4, -0.2) is 18.6 Å². The lowest BCUT2D eigenvalue weighted by molar-refractivity contribution is -0.124. The van der Waals surface area contributed by atoms with Crippen LogP contribution in [0.3, 0.4) is 0 Å². The molecule has 3 heteroatoms. The van der Waals surface area contributed by atoms with Crippen LogP contribution in [0.5, 0.6) is 5.75 Å². The quantitative estimate of drug-likeness (QED) is 0.921. The van der Waals surface area contributed by atoms with Gasteiger partial charge in [0, 0.05) is 6.04 Å². The zero-order valence-electron chi connectivity index (χ0n) is 13.2. The molecule has 21 heavy (non-hydrogen) atoms. The highest BCUT2D eigenvalue weighted by Crippen LogP contribution is 2.65. The summed E-state index contributed by atoms with van der Waals surface area (Å²) >= 11 is 0. The van der Waals surface area contributed by atoms with Crippen LogP contribution in [-0.2, 0) is 4.79 Å². The third kappa shape index (κ3) is 2.33. The third-order valence-electron chi connectivity index (χ3n) is 6.24. The molecule has 0 saturated heterocycles. The SMILES string of the molecule is CC1(C)[C@H]2CC[C@]1(C)[C@H](NC(=O)COc1ccccc1)C2. The molecule has 0 radical (unpaired) electrons. The van der Waals surface area contributed by atoms with E-state index >= 15 is 0 Å². The highest BCUT2D eigenvalue weighted by Gasteiger charge is 2.61. The smallest absolute Gasteiger partial charge is 0.258 e. The third-order valence-corrected chi connectivity index (χ3v) is 6.24. The molecule has 1 aromatic carbocycles. The van der Waals surface area contributed by atoms with E-state index in [4.69, 9.17) is 4.74 Å². The number of rotatable bonds is 4. The number of hydrogen-bond donors (Lipinski definition) is 1. The van der Waals surface area contributed by atoms with E-state index in [9.17, 15) is 4.79 Å². The first-order chi connectivity index (χ1) is 9.93. The van der Waals surface area contributed by atoms with E-state index in [1.807, 2.05) is 30.3 Å². The van der Waals surface area contributed by atoms with E-state index in [2.05, 4.69) is 26.1 Å². The Morgan fingerprint density at radius 2 is 2.00 bits per heavy atom. The number of benzene rings is 1. The summed E-state index contributed by atoms with van der Waals surface area (Å²) in [6, 6.07) is 9.79. The first kappa shape index (κ1) is 14.4. The summed E-state index contributed by atoms with van der Waals surface area (Å²) in [7, 11) is 0. The van der Waals surface area contributed by atoms with Crippen molar-refractivity contribution in [3.63, 3.8) is 0 Å². The van der Waals surface area contributed by atoms with Crippen molar-refractivity contribution in [3.05, 3.63) is 30.3 Å². The van der Waals surface area contributed by atoms with E-state index in [-0.39, 0.29) is 24.0 Å². The number of carbonyl (C=O) groups is 1. The van der Waals surface area contributed by atoms with Gasteiger partial charge in [0.2, 0.25) is 0 Å². The summed E-state index contributed by atoms with van der Waals surface area (Å²) in [5.41, 5.74) is 0.547. The van der Waals surface area contributed by atoms with Crippen molar-refractivity contribution in [2.45, 2.75) is 46.1 Å². The summed E-state index contributed by atoms with van der Waals surface area (Å²) in [6.45, 7) is 7.15. The molecule has 0 spiro atoms. The van der Waals surface area contributed by atoms with E-state index in [0.717, 1.165) is 18.1 Å². The summed E-state index contributed by atoms with van der Waals surface area (Å²) < 4.78 is 5.53. The number of carbonyl (C=O) groups excluding carboxylic acids is 1. The Morgan fingerprint density at radius 3 is 2.57 bits per heavy atom. The first-order valence-electron chi connectivity index (χ1n) is 7.91. The monoisotopic (exact) mass is 287 g/mol. The van der Waals surface area contributed by atoms with Crippen molar-refractivity contribution in [2.24, 2.45) is 16.7 Å². The molecule has 0 aliphatic heterocycles. The van der Waals surface area contributed by atoms with Gasteiger partial charge in [-0.1, -0.05) is 39.0 Å². The molecule has 114 valence electrons. The normalized spacial score (nSPS) is 32.9. The minimum Gasteiger partial charge on any atom is -0.484 e. The Morgan fingerprint density at radius 1 is 1.29 bits per heavy atom. The molecule has 0 aromatic heterocycles. The maximum Gasteiger partial charge on any atom is 0.258 e. The average molecular weight is 287 g/mol. The highest BCUT2D eigenvalue weighted by molar-refractivity contribution is 5.78. The number of nitrogens with one attached hydrogen (secondary N) is 1. The summed E-state index contributed by atoms with van der Waals surface area (Å²) in [5.74, 6) is 1.48. The molecule has 0 unspecified atom stereocenters. The molecule has 3 nitrogen and oxygen atoms in total. The lowest BCUT2D eigenvalue weighted by Gasteiger charge is -2.39. The van der Waals surface area contributed by atoms with Crippen molar-refractivity contribution in [1.82, 2.24) is 5.32 Å². The second kappa shape index (κ2) is 5.04. The van der Waals surface area contributed by atoms with Crippen LogP contribution in [0, 0.1) is 16.7 Å². The molecule has 1 aromatic rings. The summed E-state index contributed by atoms with van der Waals surface area (Å²) in [4.78, 5) is 12.2. The van der Waals surface area contributed by atoms with Gasteiger partial charge in [-0.25, -0.2) is 0 Å². The molecule has 1 amide bonds. The fraction of sp³-hybridized carbons (Fsp3) is 0.611. The molecule has 2 fully saturated rings. The van der Waals surface area contributed by atoms with Crippen molar-refractivity contribution >= 4 is 5.91 Å². The molecule has 1 N–H and O–H groups in total. The van der Waals surface area contributed by atoms with Crippen molar-refractivity contribution in [3.8, 4) is 5.75 Å². The molecule has 2 aliphatic carbocycles. The minimum atomic E-state index is -0.00609. The van der Waals surface area contributed by atoms with E-state index in [1.165, 1.54) is 12.8 Å². The first-order valence-corrected chi connectivity index (χ1v) is 7.91. The molecule has 2 saturated carbocycles. The van der Waals surface area contributed by atoms with Crippen LogP contribution in [0.15, 0.2) is 30.3 Å². The van der Waals surface area contributed by atoms with E-state index in [0.29, 0.717) is 5.41 Å². The van der Waals surface area contributed by atoms with Gasteiger partial charge >= 0.3 is 0 Å². The highest BCUT2D eigenvalue weighted by atomic mass is 16.5. The second-order valence-corrected chi connectivity index (χ2v) is 7.33. The van der Waals surface area contributed by atoms with Gasteiger partial charge < -0.3 is 10.1 Å². The fourth-order valence-electron chi connectivity index (χ4n) is 4.32. The van der Waals surface area contributed by atoms with E-state index in [1.54, 1.807) is 0 Å². The molecule has 0 heterocycles. The van der Waals surface area contributed by atoms with Gasteiger partial charge in [-0.2, -0.15) is 0 Å². The fourth-order valence-corrected chi connectivity index (χ4v) is 4.32. The van der Waals surface area contributed by atoms with Gasteiger partial charge in [0.1, 0.15) is 5.75 Å². The van der Waals surface area contributed by atoms with Gasteiger partial charge in [0.15, 0.2) is 6.61 Å². The number of hydrogen-bond acceptors (Lipinski definition) is 2. The van der Waals surface area contributed by atoms with Gasteiger partial charge in [-0.15, -0.1) is 0 Å². The number of para-hydroxylation sites is 1. The lowest BCUT2D eigenvalue weighted by Crippen LogP contribution is -2.48. The maximum absolute atomic E-state index is 12.2. The Hall–Kier alpha value is -1.51. The zero-order valence-corrected chi connectivity index (χ0v) is 13.2. The van der Waals surface area contributed by atoms with Crippen LogP contribution in [0.1, 0.15) is 40.0 Å². The molecular weight excluding hydrogens is 262 g/mol. The lowest BCUT2D eigenvalue weighted by atomic mass is 9.69. The van der Waals surface area contributed by atoms with Crippen LogP contribution in [0.4, 0.5) is 0 Å². The number of fused-ring (bicyclic) bond motifs is 2. The van der Waals surface area contributed by atoms with Crippen molar-refractivity contribution in [1.29, 1.82) is 0 Å². The Kier molecular flexibility index (Phi) is 3.46. The van der Waals surface area contributed by atoms with Crippen LogP contribution in [0.25, 0.3) is 0 Å². The Bertz CT molecular complexity index is 525. The van der Waals surface area contributed by atoms with E-state index < -0.39 is 0 Å². The van der Waals surface area contributed by atoms with Crippen molar-refractivity contribution < 1.29 is 9.53 Å². The standard InChI is InChI=1S/C18H25NO2/c1-17(2)13-9-10-18(17,3)15(11-13)19-16(20)12-21-14-7-5-4-6-8-14/h4-8,13,15H,9-12H2,1-3H3,(H,19,20)/t13-,15+,18+/m0/s1. The Balaban J connectivity index is 1.57. The molecule has 3 rings (SSSR count). The number of amides is 1. The predicted octanol–water partition coefficient (Wildman–Crippen LogP) is 3.40. The molecule has 3 atom stereocenters. The molecule has 2 bridgehead atoms. The largest absolute Gasteiger partial charge is 0.484 e. The number of ether oxygens (including phenoxy) is 1. The summed E-state index contributed by atoms with van der Waals surface area (Å²) in [6.07, 6.45) is 3.63. The van der Waals surface area contributed by atoms with Crippen molar-refractivity contribution in [2.75, 3.05) is 6.61 Å². The Labute approximate surface area is 127 Å². The summed E-state index contributed by atoms with van der Waals surface area (Å²) in [5, 5.41) is 3.21. The topological polar surface area (TPSA) is 38.3 Å². The van der Waals surface area contributed by atoms with Crippen LogP contribution < -0.4 is 10.1 Å². The molecule has 2 aliphatic rings. The minimum absolute atomic E-state index is 0.00609. The molecular formula is C18H25NO2. The second-order valence-electron chi connectivity index (χ2n) is 7.33. The predicted molar refractivity (Wildman–Crippen MR) is 83.1 cm³/mol. The zero-order chi connectivity index (χ0) is 15.1. The average Bonchev–Trinajstić information content (AvgIpc) is 2.79. The van der Waals surface area contributed by atoms with Gasteiger partial charge in [0.25, 0.3) is 5.91 Å². The van der Waals surface area contributed by atoms with Gasteiger partial charge in [0.05, 0.1) is 0 Å².